The summed E-state index contributed by atoms with van der Waals surface area (Å²) in [6.07, 6.45) is 2.47. The third-order valence-electron chi connectivity index (χ3n) is 2.62. The Morgan fingerprint density at radius 2 is 2.35 bits per heavy atom. The third-order valence-corrected chi connectivity index (χ3v) is 2.62. The molecule has 0 bridgehead atoms. The van der Waals surface area contributed by atoms with Gasteiger partial charge in [-0.3, -0.25) is 14.9 Å². The third kappa shape index (κ3) is 2.79. The number of imide groups is 1. The van der Waals surface area contributed by atoms with Crippen molar-refractivity contribution in [2.24, 2.45) is 5.73 Å². The lowest BCUT2D eigenvalue weighted by Gasteiger charge is -2.22. The van der Waals surface area contributed by atoms with Crippen LogP contribution in [-0.4, -0.2) is 22.8 Å². The second-order valence-electron chi connectivity index (χ2n) is 3.90. The fourth-order valence-electron chi connectivity index (χ4n) is 1.69. The average molecular weight is 234 g/mol. The molecule has 6 heteroatoms. The molecule has 0 aliphatic carbocycles. The largest absolute Gasteiger partial charge is 0.358 e. The minimum Gasteiger partial charge on any atom is -0.358 e. The molecule has 1 unspecified atom stereocenters. The van der Waals surface area contributed by atoms with Crippen molar-refractivity contribution in [3.05, 3.63) is 23.9 Å². The van der Waals surface area contributed by atoms with Crippen LogP contribution < -0.4 is 16.4 Å². The molecule has 1 atom stereocenters. The molecule has 2 amide bonds. The lowest BCUT2D eigenvalue weighted by atomic mass is 10.1. The van der Waals surface area contributed by atoms with Crippen LogP contribution in [-0.2, 0) is 16.1 Å². The summed E-state index contributed by atoms with van der Waals surface area (Å²) in [7, 11) is 0. The number of nitrogens with two attached hydrogens (primary N) is 1. The molecule has 1 aliphatic heterocycles. The number of aromatic nitrogens is 1. The molecule has 1 aromatic heterocycles. The standard InChI is InChI=1S/C11H14N4O2/c12-6-7-3-4-13-9(5-7)14-8-1-2-10(16)15-11(8)17/h3-5,8H,1-2,6,12H2,(H,13,14)(H,15,16,17). The van der Waals surface area contributed by atoms with Gasteiger partial charge in [-0.1, -0.05) is 0 Å². The number of nitrogens with zero attached hydrogens (tertiary/aromatic N) is 1. The van der Waals surface area contributed by atoms with Crippen LogP contribution in [0, 0.1) is 0 Å². The number of pyridine rings is 1. The number of anilines is 1. The number of amides is 2. The molecule has 90 valence electrons. The van der Waals surface area contributed by atoms with E-state index in [1.807, 2.05) is 6.07 Å². The van der Waals surface area contributed by atoms with Gasteiger partial charge in [0.05, 0.1) is 0 Å². The van der Waals surface area contributed by atoms with Crippen LogP contribution in [0.15, 0.2) is 18.3 Å². The Balaban J connectivity index is 2.05. The van der Waals surface area contributed by atoms with Gasteiger partial charge in [-0.05, 0) is 24.1 Å². The first-order valence-electron chi connectivity index (χ1n) is 5.44. The van der Waals surface area contributed by atoms with E-state index in [2.05, 4.69) is 15.6 Å². The van der Waals surface area contributed by atoms with Gasteiger partial charge < -0.3 is 11.1 Å². The van der Waals surface area contributed by atoms with E-state index < -0.39 is 6.04 Å². The molecule has 0 radical (unpaired) electrons. The van der Waals surface area contributed by atoms with Gasteiger partial charge in [-0.15, -0.1) is 0 Å². The minimum atomic E-state index is -0.409. The fraction of sp³-hybridized carbons (Fsp3) is 0.364. The molecule has 1 saturated heterocycles. The minimum absolute atomic E-state index is 0.225. The molecule has 1 aliphatic rings. The molecule has 2 rings (SSSR count). The fourth-order valence-corrected chi connectivity index (χ4v) is 1.69. The Morgan fingerprint density at radius 3 is 3.06 bits per heavy atom. The highest BCUT2D eigenvalue weighted by Gasteiger charge is 2.26. The van der Waals surface area contributed by atoms with Crippen molar-refractivity contribution >= 4 is 17.6 Å². The molecular formula is C11H14N4O2. The maximum Gasteiger partial charge on any atom is 0.249 e. The van der Waals surface area contributed by atoms with Gasteiger partial charge in [-0.25, -0.2) is 4.98 Å². The molecule has 1 aromatic rings. The van der Waals surface area contributed by atoms with Gasteiger partial charge >= 0.3 is 0 Å². The zero-order chi connectivity index (χ0) is 12.3. The van der Waals surface area contributed by atoms with E-state index in [-0.39, 0.29) is 11.8 Å². The Bertz CT molecular complexity index is 447. The van der Waals surface area contributed by atoms with E-state index in [1.54, 1.807) is 12.3 Å². The number of nitrogens with one attached hydrogen (secondary N) is 2. The van der Waals surface area contributed by atoms with Crippen molar-refractivity contribution < 1.29 is 9.59 Å². The first kappa shape index (κ1) is 11.5. The summed E-state index contributed by atoms with van der Waals surface area (Å²) in [5.41, 5.74) is 6.46. The zero-order valence-electron chi connectivity index (χ0n) is 9.27. The summed E-state index contributed by atoms with van der Waals surface area (Å²) in [4.78, 5) is 26.6. The molecule has 4 N–H and O–H groups in total. The van der Waals surface area contributed by atoms with Crippen LogP contribution >= 0.6 is 0 Å². The van der Waals surface area contributed by atoms with Crippen LogP contribution in [0.1, 0.15) is 18.4 Å². The number of hydrogen-bond acceptors (Lipinski definition) is 5. The number of carbonyl (C=O) groups excluding carboxylic acids is 2. The van der Waals surface area contributed by atoms with Crippen LogP contribution in [0.3, 0.4) is 0 Å². The Morgan fingerprint density at radius 1 is 1.53 bits per heavy atom. The molecule has 17 heavy (non-hydrogen) atoms. The van der Waals surface area contributed by atoms with E-state index in [1.165, 1.54) is 0 Å². The summed E-state index contributed by atoms with van der Waals surface area (Å²) < 4.78 is 0. The molecule has 2 heterocycles. The maximum atomic E-state index is 11.5. The van der Waals surface area contributed by atoms with Crippen molar-refractivity contribution in [1.82, 2.24) is 10.3 Å². The molecule has 1 fully saturated rings. The summed E-state index contributed by atoms with van der Waals surface area (Å²) in [6, 6.07) is 3.20. The van der Waals surface area contributed by atoms with Crippen molar-refractivity contribution in [1.29, 1.82) is 0 Å². The molecule has 0 aromatic carbocycles. The SMILES string of the molecule is NCc1ccnc(NC2CCC(=O)NC2=O)c1. The Hall–Kier alpha value is -1.95. The summed E-state index contributed by atoms with van der Waals surface area (Å²) in [5.74, 6) is 0.0698. The van der Waals surface area contributed by atoms with E-state index >= 15 is 0 Å². The summed E-state index contributed by atoms with van der Waals surface area (Å²) in [5, 5.41) is 5.28. The highest BCUT2D eigenvalue weighted by molar-refractivity contribution is 6.01. The number of hydrogen-bond donors (Lipinski definition) is 3. The quantitative estimate of drug-likeness (QED) is 0.627. The second-order valence-corrected chi connectivity index (χ2v) is 3.90. The van der Waals surface area contributed by atoms with Crippen molar-refractivity contribution in [2.45, 2.75) is 25.4 Å². The van der Waals surface area contributed by atoms with Gasteiger partial charge in [0.25, 0.3) is 0 Å². The Labute approximate surface area is 98.6 Å². The van der Waals surface area contributed by atoms with Crippen LogP contribution in [0.4, 0.5) is 5.82 Å². The van der Waals surface area contributed by atoms with Crippen LogP contribution in [0.5, 0.6) is 0 Å². The Kier molecular flexibility index (Phi) is 3.34. The van der Waals surface area contributed by atoms with Crippen LogP contribution in [0.2, 0.25) is 0 Å². The van der Waals surface area contributed by atoms with Gasteiger partial charge in [0.2, 0.25) is 11.8 Å². The van der Waals surface area contributed by atoms with Crippen molar-refractivity contribution in [2.75, 3.05) is 5.32 Å². The van der Waals surface area contributed by atoms with E-state index in [9.17, 15) is 9.59 Å². The smallest absolute Gasteiger partial charge is 0.249 e. The zero-order valence-corrected chi connectivity index (χ0v) is 9.27. The van der Waals surface area contributed by atoms with Crippen LogP contribution in [0.25, 0.3) is 0 Å². The number of rotatable bonds is 3. The first-order valence-corrected chi connectivity index (χ1v) is 5.44. The average Bonchev–Trinajstić information content (AvgIpc) is 2.33. The lowest BCUT2D eigenvalue weighted by molar-refractivity contribution is -0.133. The number of carbonyl (C=O) groups is 2. The highest BCUT2D eigenvalue weighted by Crippen LogP contribution is 2.12. The lowest BCUT2D eigenvalue weighted by Crippen LogP contribution is -2.47. The monoisotopic (exact) mass is 234 g/mol. The van der Waals surface area contributed by atoms with Gasteiger partial charge in [0.1, 0.15) is 11.9 Å². The summed E-state index contributed by atoms with van der Waals surface area (Å²) >= 11 is 0. The second kappa shape index (κ2) is 4.92. The molecule has 0 saturated carbocycles. The van der Waals surface area contributed by atoms with Crippen molar-refractivity contribution in [3.63, 3.8) is 0 Å². The predicted molar refractivity (Wildman–Crippen MR) is 61.9 cm³/mol. The maximum absolute atomic E-state index is 11.5. The highest BCUT2D eigenvalue weighted by atomic mass is 16.2. The van der Waals surface area contributed by atoms with Crippen molar-refractivity contribution in [3.8, 4) is 0 Å². The molecule has 6 nitrogen and oxygen atoms in total. The topological polar surface area (TPSA) is 97.1 Å². The van der Waals surface area contributed by atoms with E-state index in [0.717, 1.165) is 5.56 Å². The number of piperidine rings is 1. The van der Waals surface area contributed by atoms with Gasteiger partial charge in [0, 0.05) is 19.2 Å². The normalized spacial score (nSPS) is 19.9. The van der Waals surface area contributed by atoms with Gasteiger partial charge in [-0.2, -0.15) is 0 Å². The first-order chi connectivity index (χ1) is 8.19. The molecular weight excluding hydrogens is 220 g/mol. The van der Waals surface area contributed by atoms with E-state index in [0.29, 0.717) is 25.2 Å². The predicted octanol–water partition coefficient (Wildman–Crippen LogP) is -0.243. The molecule has 0 spiro atoms. The van der Waals surface area contributed by atoms with Gasteiger partial charge in [0.15, 0.2) is 0 Å². The summed E-state index contributed by atoms with van der Waals surface area (Å²) in [6.45, 7) is 0.423. The van der Waals surface area contributed by atoms with E-state index in [4.69, 9.17) is 5.73 Å².